The Hall–Kier alpha value is -0.520. The minimum Gasteiger partial charge on any atom is -0.320 e. The zero-order chi connectivity index (χ0) is 12.7. The molecule has 0 heterocycles. The van der Waals surface area contributed by atoms with E-state index in [9.17, 15) is 8.42 Å². The number of sulfone groups is 1. The van der Waals surface area contributed by atoms with E-state index in [4.69, 9.17) is 0 Å². The molecular formula is C12H19NO2S2. The summed E-state index contributed by atoms with van der Waals surface area (Å²) in [4.78, 5) is 1.51. The number of hydrogen-bond donors (Lipinski definition) is 1. The fourth-order valence-electron chi connectivity index (χ4n) is 1.38. The smallest absolute Gasteiger partial charge is 0.175 e. The third kappa shape index (κ3) is 5.57. The highest BCUT2D eigenvalue weighted by molar-refractivity contribution is 7.99. The molecule has 0 aliphatic rings. The Kier molecular flexibility index (Phi) is 6.02. The monoisotopic (exact) mass is 273 g/mol. The zero-order valence-electron chi connectivity index (χ0n) is 10.3. The first-order chi connectivity index (χ1) is 8.04. The van der Waals surface area contributed by atoms with E-state index in [0.29, 0.717) is 4.90 Å². The molecule has 0 saturated carbocycles. The molecule has 0 aliphatic carbocycles. The summed E-state index contributed by atoms with van der Waals surface area (Å²) in [5, 5.41) is 3.11. The second-order valence-electron chi connectivity index (χ2n) is 3.90. The Morgan fingerprint density at radius 3 is 2.35 bits per heavy atom. The normalized spacial score (nSPS) is 11.6. The number of rotatable bonds is 7. The second-order valence-corrected chi connectivity index (χ2v) is 7.09. The number of unbranched alkanes of at least 4 members (excludes halogenated alkanes) is 1. The van der Waals surface area contributed by atoms with E-state index in [1.807, 2.05) is 19.2 Å². The lowest BCUT2D eigenvalue weighted by molar-refractivity contribution is 0.602. The van der Waals surface area contributed by atoms with Crippen LogP contribution in [-0.2, 0) is 9.84 Å². The number of thioether (sulfide) groups is 1. The summed E-state index contributed by atoms with van der Waals surface area (Å²) >= 11 is 1.77. The van der Waals surface area contributed by atoms with Crippen molar-refractivity contribution in [3.05, 3.63) is 24.3 Å². The fraction of sp³-hybridized carbons (Fsp3) is 0.500. The number of hydrogen-bond acceptors (Lipinski definition) is 4. The van der Waals surface area contributed by atoms with Gasteiger partial charge in [0.25, 0.3) is 0 Å². The molecule has 0 aliphatic heterocycles. The highest BCUT2D eigenvalue weighted by Gasteiger charge is 2.05. The highest BCUT2D eigenvalue weighted by Crippen LogP contribution is 2.21. The maximum atomic E-state index is 11.3. The first-order valence-electron chi connectivity index (χ1n) is 5.61. The third-order valence-electron chi connectivity index (χ3n) is 2.34. The molecule has 0 bridgehead atoms. The molecule has 0 saturated heterocycles. The highest BCUT2D eigenvalue weighted by atomic mass is 32.2. The lowest BCUT2D eigenvalue weighted by Gasteiger charge is -2.03. The molecule has 3 nitrogen and oxygen atoms in total. The van der Waals surface area contributed by atoms with Crippen molar-refractivity contribution in [2.45, 2.75) is 22.6 Å². The maximum absolute atomic E-state index is 11.3. The molecule has 0 spiro atoms. The molecular weight excluding hydrogens is 254 g/mol. The van der Waals surface area contributed by atoms with Gasteiger partial charge in [0.2, 0.25) is 0 Å². The Balaban J connectivity index is 2.41. The summed E-state index contributed by atoms with van der Waals surface area (Å²) in [7, 11) is -1.11. The van der Waals surface area contributed by atoms with Gasteiger partial charge in [-0.25, -0.2) is 8.42 Å². The van der Waals surface area contributed by atoms with E-state index < -0.39 is 9.84 Å². The predicted molar refractivity (Wildman–Crippen MR) is 73.4 cm³/mol. The van der Waals surface area contributed by atoms with E-state index in [0.717, 1.165) is 17.2 Å². The van der Waals surface area contributed by atoms with Gasteiger partial charge in [-0.3, -0.25) is 0 Å². The number of benzene rings is 1. The molecule has 0 amide bonds. The van der Waals surface area contributed by atoms with Crippen molar-refractivity contribution in [3.8, 4) is 0 Å². The quantitative estimate of drug-likeness (QED) is 0.611. The minimum absolute atomic E-state index is 0.386. The van der Waals surface area contributed by atoms with Crippen molar-refractivity contribution >= 4 is 21.6 Å². The van der Waals surface area contributed by atoms with Crippen LogP contribution in [0.15, 0.2) is 34.1 Å². The van der Waals surface area contributed by atoms with Gasteiger partial charge in [0.1, 0.15) is 0 Å². The van der Waals surface area contributed by atoms with Crippen molar-refractivity contribution in [1.82, 2.24) is 5.32 Å². The summed E-state index contributed by atoms with van der Waals surface area (Å²) < 4.78 is 22.5. The van der Waals surface area contributed by atoms with E-state index in [-0.39, 0.29) is 0 Å². The van der Waals surface area contributed by atoms with Gasteiger partial charge in [-0.1, -0.05) is 0 Å². The average molecular weight is 273 g/mol. The molecule has 0 atom stereocenters. The summed E-state index contributed by atoms with van der Waals surface area (Å²) in [5.41, 5.74) is 0. The molecule has 1 N–H and O–H groups in total. The van der Waals surface area contributed by atoms with Crippen LogP contribution in [0.2, 0.25) is 0 Å². The van der Waals surface area contributed by atoms with Crippen molar-refractivity contribution in [2.24, 2.45) is 0 Å². The van der Waals surface area contributed by atoms with Crippen LogP contribution in [0.3, 0.4) is 0 Å². The van der Waals surface area contributed by atoms with Gasteiger partial charge in [0.15, 0.2) is 9.84 Å². The number of nitrogens with one attached hydrogen (secondary N) is 1. The van der Waals surface area contributed by atoms with Crippen LogP contribution in [0.5, 0.6) is 0 Å². The Bertz CT molecular complexity index is 426. The maximum Gasteiger partial charge on any atom is 0.175 e. The Morgan fingerprint density at radius 2 is 1.82 bits per heavy atom. The van der Waals surface area contributed by atoms with Gasteiger partial charge in [0, 0.05) is 11.2 Å². The van der Waals surface area contributed by atoms with Gasteiger partial charge < -0.3 is 5.32 Å². The Morgan fingerprint density at radius 1 is 1.18 bits per heavy atom. The van der Waals surface area contributed by atoms with Crippen LogP contribution in [0, 0.1) is 0 Å². The Labute approximate surface area is 108 Å². The van der Waals surface area contributed by atoms with Crippen LogP contribution >= 0.6 is 11.8 Å². The third-order valence-corrected chi connectivity index (χ3v) is 4.57. The molecule has 0 aromatic heterocycles. The molecule has 1 rings (SSSR count). The summed E-state index contributed by atoms with van der Waals surface area (Å²) in [6.45, 7) is 1.05. The van der Waals surface area contributed by atoms with Crippen LogP contribution in [0.1, 0.15) is 12.8 Å². The molecule has 1 aromatic carbocycles. The summed E-state index contributed by atoms with van der Waals surface area (Å²) in [6, 6.07) is 7.09. The average Bonchev–Trinajstić information content (AvgIpc) is 2.28. The molecule has 0 fully saturated rings. The largest absolute Gasteiger partial charge is 0.320 e. The second kappa shape index (κ2) is 7.03. The van der Waals surface area contributed by atoms with Crippen LogP contribution in [0.25, 0.3) is 0 Å². The molecule has 0 unspecified atom stereocenters. The van der Waals surface area contributed by atoms with Crippen molar-refractivity contribution in [3.63, 3.8) is 0 Å². The standard InChI is InChI=1S/C12H19NO2S2/c1-13-9-3-4-10-16-11-5-7-12(8-6-11)17(2,14)15/h5-8,13H,3-4,9-10H2,1-2H3. The van der Waals surface area contributed by atoms with Gasteiger partial charge >= 0.3 is 0 Å². The first-order valence-corrected chi connectivity index (χ1v) is 8.49. The summed E-state index contributed by atoms with van der Waals surface area (Å²) in [6.07, 6.45) is 3.57. The molecule has 1 aromatic rings. The van der Waals surface area contributed by atoms with E-state index in [1.165, 1.54) is 19.1 Å². The topological polar surface area (TPSA) is 46.2 Å². The van der Waals surface area contributed by atoms with Gasteiger partial charge in [-0.2, -0.15) is 0 Å². The fourth-order valence-corrected chi connectivity index (χ4v) is 2.92. The lowest BCUT2D eigenvalue weighted by atomic mass is 10.3. The SMILES string of the molecule is CNCCCCSc1ccc(S(C)(=O)=O)cc1. The van der Waals surface area contributed by atoms with E-state index in [2.05, 4.69) is 5.32 Å². The zero-order valence-corrected chi connectivity index (χ0v) is 11.9. The minimum atomic E-state index is -3.07. The van der Waals surface area contributed by atoms with Crippen LogP contribution < -0.4 is 5.32 Å². The van der Waals surface area contributed by atoms with Crippen molar-refractivity contribution < 1.29 is 8.42 Å². The van der Waals surface area contributed by atoms with E-state index >= 15 is 0 Å². The lowest BCUT2D eigenvalue weighted by Crippen LogP contribution is -2.07. The molecule has 5 heteroatoms. The van der Waals surface area contributed by atoms with Gasteiger partial charge in [-0.15, -0.1) is 11.8 Å². The van der Waals surface area contributed by atoms with Crippen LogP contribution in [0.4, 0.5) is 0 Å². The van der Waals surface area contributed by atoms with E-state index in [1.54, 1.807) is 23.9 Å². The first kappa shape index (κ1) is 14.5. The summed E-state index contributed by atoms with van der Waals surface area (Å²) in [5.74, 6) is 1.07. The molecule has 0 radical (unpaired) electrons. The molecule has 17 heavy (non-hydrogen) atoms. The van der Waals surface area contributed by atoms with Crippen molar-refractivity contribution in [1.29, 1.82) is 0 Å². The van der Waals surface area contributed by atoms with Crippen molar-refractivity contribution in [2.75, 3.05) is 25.6 Å². The van der Waals surface area contributed by atoms with Gasteiger partial charge in [0.05, 0.1) is 4.90 Å². The van der Waals surface area contributed by atoms with Crippen LogP contribution in [-0.4, -0.2) is 34.0 Å². The van der Waals surface area contributed by atoms with Gasteiger partial charge in [-0.05, 0) is 56.5 Å². The predicted octanol–water partition coefficient (Wildman–Crippen LogP) is 2.18. The molecule has 96 valence electrons.